The number of likely N-dealkylation sites (tertiary alicyclic amines) is 1. The van der Waals surface area contributed by atoms with Crippen LogP contribution in [0.25, 0.3) is 0 Å². The van der Waals surface area contributed by atoms with Gasteiger partial charge in [0.25, 0.3) is 0 Å². The molecule has 2 rings (SSSR count). The van der Waals surface area contributed by atoms with Gasteiger partial charge in [0, 0.05) is 12.6 Å². The van der Waals surface area contributed by atoms with Crippen molar-refractivity contribution in [1.82, 2.24) is 4.90 Å². The van der Waals surface area contributed by atoms with E-state index in [-0.39, 0.29) is 0 Å². The second-order valence-electron chi connectivity index (χ2n) is 7.80. The fourth-order valence-electron chi connectivity index (χ4n) is 3.56. The maximum Gasteiger partial charge on any atom is 0.0605 e. The molecule has 126 valence electrons. The summed E-state index contributed by atoms with van der Waals surface area (Å²) in [5.41, 5.74) is 0. The molecule has 1 saturated carbocycles. The lowest BCUT2D eigenvalue weighted by Crippen LogP contribution is -2.41. The molecule has 0 amide bonds. The van der Waals surface area contributed by atoms with Crippen molar-refractivity contribution in [2.24, 2.45) is 11.8 Å². The second-order valence-corrected chi connectivity index (χ2v) is 7.80. The lowest BCUT2D eigenvalue weighted by molar-refractivity contribution is -0.0365. The van der Waals surface area contributed by atoms with E-state index in [4.69, 9.17) is 4.74 Å². The highest BCUT2D eigenvalue weighted by Crippen LogP contribution is 2.29. The number of rotatable bonds is 3. The molecule has 1 aliphatic carbocycles. The largest absolute Gasteiger partial charge is 0.375 e. The molecule has 2 aliphatic rings. The summed E-state index contributed by atoms with van der Waals surface area (Å²) in [4.78, 5) is 2.40. The molecular formula is C19H39NO. The zero-order chi connectivity index (χ0) is 15.8. The van der Waals surface area contributed by atoms with Crippen LogP contribution in [0.1, 0.15) is 79.6 Å². The topological polar surface area (TPSA) is 12.5 Å². The lowest BCUT2D eigenvalue weighted by Gasteiger charge is -2.35. The predicted molar refractivity (Wildman–Crippen MR) is 92.7 cm³/mol. The van der Waals surface area contributed by atoms with E-state index in [0.29, 0.717) is 18.2 Å². The zero-order valence-corrected chi connectivity index (χ0v) is 15.4. The first-order chi connectivity index (χ1) is 9.90. The van der Waals surface area contributed by atoms with Gasteiger partial charge in [-0.05, 0) is 52.5 Å². The fourth-order valence-corrected chi connectivity index (χ4v) is 3.56. The number of nitrogens with zero attached hydrogens (tertiary/aromatic N) is 1. The van der Waals surface area contributed by atoms with Gasteiger partial charge < -0.3 is 9.64 Å². The van der Waals surface area contributed by atoms with Crippen molar-refractivity contribution in [2.75, 3.05) is 13.6 Å². The van der Waals surface area contributed by atoms with E-state index in [1.54, 1.807) is 0 Å². The van der Waals surface area contributed by atoms with Gasteiger partial charge in [-0.3, -0.25) is 0 Å². The summed E-state index contributed by atoms with van der Waals surface area (Å²) in [6, 6.07) is 0.683. The molecule has 2 nitrogen and oxygen atoms in total. The first-order valence-corrected chi connectivity index (χ1v) is 9.25. The van der Waals surface area contributed by atoms with Crippen LogP contribution in [0.3, 0.4) is 0 Å². The number of hydrogen-bond donors (Lipinski definition) is 0. The highest BCUT2D eigenvalue weighted by molar-refractivity contribution is 4.77. The van der Waals surface area contributed by atoms with E-state index in [1.165, 1.54) is 51.5 Å². The van der Waals surface area contributed by atoms with Gasteiger partial charge in [0.2, 0.25) is 0 Å². The van der Waals surface area contributed by atoms with E-state index < -0.39 is 0 Å². The average Bonchev–Trinajstić information content (AvgIpc) is 2.44. The van der Waals surface area contributed by atoms with Gasteiger partial charge in [0.05, 0.1) is 12.2 Å². The summed E-state index contributed by atoms with van der Waals surface area (Å²) < 4.78 is 5.78. The second kappa shape index (κ2) is 9.84. The van der Waals surface area contributed by atoms with Crippen molar-refractivity contribution >= 4 is 0 Å². The van der Waals surface area contributed by atoms with Crippen molar-refractivity contribution < 1.29 is 4.74 Å². The van der Waals surface area contributed by atoms with Crippen LogP contribution in [-0.4, -0.2) is 36.7 Å². The Balaban J connectivity index is 0.000000219. The standard InChI is InChI=1S/C10H21NO.C9H18/c1-8(2)12-10-5-6-11(4)9(3)7-10;1-8(2)9-6-4-3-5-7-9/h8-10H,5-7H2,1-4H3;8-9H,3-7H2,1-2H3. The first-order valence-electron chi connectivity index (χ1n) is 9.25. The third kappa shape index (κ3) is 7.65. The molecule has 2 unspecified atom stereocenters. The first kappa shape index (κ1) is 19.0. The van der Waals surface area contributed by atoms with Crippen LogP contribution < -0.4 is 0 Å². The van der Waals surface area contributed by atoms with Gasteiger partial charge in [-0.2, -0.15) is 0 Å². The Labute approximate surface area is 133 Å². The van der Waals surface area contributed by atoms with E-state index in [2.05, 4.69) is 46.6 Å². The Morgan fingerprint density at radius 3 is 2.00 bits per heavy atom. The molecule has 0 N–H and O–H groups in total. The SMILES string of the molecule is CC(C)C1CCCCC1.CC(C)OC1CCN(C)C(C)C1. The molecule has 1 saturated heterocycles. The molecule has 2 atom stereocenters. The van der Waals surface area contributed by atoms with Crippen LogP contribution in [0.4, 0.5) is 0 Å². The minimum Gasteiger partial charge on any atom is -0.375 e. The Morgan fingerprint density at radius 1 is 0.952 bits per heavy atom. The summed E-state index contributed by atoms with van der Waals surface area (Å²) in [6.07, 6.45) is 10.7. The third-order valence-corrected chi connectivity index (χ3v) is 5.22. The molecule has 0 spiro atoms. The maximum atomic E-state index is 5.78. The molecule has 0 bridgehead atoms. The van der Waals surface area contributed by atoms with Crippen molar-refractivity contribution in [1.29, 1.82) is 0 Å². The number of piperidine rings is 1. The summed E-state index contributed by atoms with van der Waals surface area (Å²) >= 11 is 0. The Hall–Kier alpha value is -0.0800. The molecule has 1 heterocycles. The van der Waals surface area contributed by atoms with Crippen LogP contribution in [0.15, 0.2) is 0 Å². The Kier molecular flexibility index (Phi) is 8.89. The van der Waals surface area contributed by atoms with E-state index in [9.17, 15) is 0 Å². The Morgan fingerprint density at radius 2 is 1.57 bits per heavy atom. The monoisotopic (exact) mass is 297 g/mol. The summed E-state index contributed by atoms with van der Waals surface area (Å²) in [5.74, 6) is 1.99. The summed E-state index contributed by atoms with van der Waals surface area (Å²) in [5, 5.41) is 0. The maximum absolute atomic E-state index is 5.78. The van der Waals surface area contributed by atoms with E-state index in [0.717, 1.165) is 11.8 Å². The van der Waals surface area contributed by atoms with Gasteiger partial charge >= 0.3 is 0 Å². The van der Waals surface area contributed by atoms with E-state index in [1.807, 2.05) is 0 Å². The molecule has 0 aromatic carbocycles. The molecule has 0 radical (unpaired) electrons. The average molecular weight is 298 g/mol. The summed E-state index contributed by atoms with van der Waals surface area (Å²) in [7, 11) is 2.19. The molecule has 0 aromatic heterocycles. The molecule has 2 fully saturated rings. The highest BCUT2D eigenvalue weighted by atomic mass is 16.5. The molecule has 21 heavy (non-hydrogen) atoms. The van der Waals surface area contributed by atoms with Crippen LogP contribution in [-0.2, 0) is 4.74 Å². The quantitative estimate of drug-likeness (QED) is 0.717. The molecule has 1 aliphatic heterocycles. The fraction of sp³-hybridized carbons (Fsp3) is 1.00. The predicted octanol–water partition coefficient (Wildman–Crippen LogP) is 5.12. The van der Waals surface area contributed by atoms with Gasteiger partial charge in [-0.15, -0.1) is 0 Å². The van der Waals surface area contributed by atoms with Crippen molar-refractivity contribution in [2.45, 2.75) is 97.8 Å². The minimum absolute atomic E-state index is 0.380. The number of ether oxygens (including phenoxy) is 1. The van der Waals surface area contributed by atoms with Crippen molar-refractivity contribution in [3.05, 3.63) is 0 Å². The van der Waals surface area contributed by atoms with Crippen LogP contribution >= 0.6 is 0 Å². The van der Waals surface area contributed by atoms with Crippen molar-refractivity contribution in [3.8, 4) is 0 Å². The van der Waals surface area contributed by atoms with Gasteiger partial charge in [0.1, 0.15) is 0 Å². The van der Waals surface area contributed by atoms with Gasteiger partial charge in [-0.1, -0.05) is 46.0 Å². The van der Waals surface area contributed by atoms with E-state index >= 15 is 0 Å². The van der Waals surface area contributed by atoms with Gasteiger partial charge in [0.15, 0.2) is 0 Å². The molecule has 0 aromatic rings. The van der Waals surface area contributed by atoms with Crippen LogP contribution in [0, 0.1) is 11.8 Å². The minimum atomic E-state index is 0.380. The molecule has 2 heteroatoms. The van der Waals surface area contributed by atoms with Crippen LogP contribution in [0.2, 0.25) is 0 Å². The molecular weight excluding hydrogens is 258 g/mol. The smallest absolute Gasteiger partial charge is 0.0605 e. The van der Waals surface area contributed by atoms with Crippen LogP contribution in [0.5, 0.6) is 0 Å². The van der Waals surface area contributed by atoms with Gasteiger partial charge in [-0.25, -0.2) is 0 Å². The zero-order valence-electron chi connectivity index (χ0n) is 15.4. The summed E-state index contributed by atoms with van der Waals surface area (Å²) in [6.45, 7) is 12.4. The lowest BCUT2D eigenvalue weighted by atomic mass is 9.82. The van der Waals surface area contributed by atoms with Crippen molar-refractivity contribution in [3.63, 3.8) is 0 Å². The normalized spacial score (nSPS) is 28.6. The highest BCUT2D eigenvalue weighted by Gasteiger charge is 2.23. The number of hydrogen-bond acceptors (Lipinski definition) is 2. The third-order valence-electron chi connectivity index (χ3n) is 5.22. The Bertz CT molecular complexity index is 258.